The number of nitrogens with one attached hydrogen (secondary N) is 3. The molecule has 2 aliphatic heterocycles. The Bertz CT molecular complexity index is 1300. The molecule has 1 fully saturated rings. The van der Waals surface area contributed by atoms with Crippen LogP contribution in [0.15, 0.2) is 48.5 Å². The van der Waals surface area contributed by atoms with Crippen LogP contribution in [0.2, 0.25) is 0 Å². The fraction of sp³-hybridized carbons (Fsp3) is 0.500. The largest absolute Gasteiger partial charge is 0.491 e. The van der Waals surface area contributed by atoms with Crippen molar-refractivity contribution in [2.24, 2.45) is 5.92 Å². The summed E-state index contributed by atoms with van der Waals surface area (Å²) in [6.07, 6.45) is 1.66. The lowest BCUT2D eigenvalue weighted by molar-refractivity contribution is -0.138. The summed E-state index contributed by atoms with van der Waals surface area (Å²) < 4.78 is 19.5. The highest BCUT2D eigenvalue weighted by molar-refractivity contribution is 6.01. The second-order valence-corrected chi connectivity index (χ2v) is 12.2. The third-order valence-corrected chi connectivity index (χ3v) is 7.91. The minimum Gasteiger partial charge on any atom is -0.491 e. The van der Waals surface area contributed by atoms with Gasteiger partial charge in [-0.25, -0.2) is 4.39 Å². The second-order valence-electron chi connectivity index (χ2n) is 12.2. The molecule has 226 valence electrons. The molecule has 0 spiro atoms. The first kappa shape index (κ1) is 31.0. The van der Waals surface area contributed by atoms with E-state index in [1.807, 2.05) is 27.7 Å². The molecule has 0 aromatic heterocycles. The minimum atomic E-state index is -1.22. The smallest absolute Gasteiger partial charge is 0.255 e. The Morgan fingerprint density at radius 1 is 1.10 bits per heavy atom. The maximum Gasteiger partial charge on any atom is 0.255 e. The van der Waals surface area contributed by atoms with Crippen LogP contribution in [0.25, 0.3) is 0 Å². The molecule has 0 radical (unpaired) electrons. The Labute approximate surface area is 246 Å². The third-order valence-electron chi connectivity index (χ3n) is 7.91. The molecule has 0 bridgehead atoms. The number of ether oxygens (including phenoxy) is 1. The van der Waals surface area contributed by atoms with Gasteiger partial charge < -0.3 is 25.6 Å². The molecule has 2 aliphatic rings. The van der Waals surface area contributed by atoms with Gasteiger partial charge in [-0.1, -0.05) is 52.0 Å². The maximum atomic E-state index is 13.6. The number of para-hydroxylation sites is 1. The summed E-state index contributed by atoms with van der Waals surface area (Å²) in [4.78, 5) is 55.7. The Morgan fingerprint density at radius 2 is 1.81 bits per heavy atom. The van der Waals surface area contributed by atoms with Crippen LogP contribution in [0.4, 0.5) is 4.39 Å². The monoisotopic (exact) mass is 580 g/mol. The summed E-state index contributed by atoms with van der Waals surface area (Å²) in [6.45, 7) is 8.71. The number of halogens is 1. The second kappa shape index (κ2) is 13.4. The molecular formula is C32H41FN4O5. The van der Waals surface area contributed by atoms with E-state index in [-0.39, 0.29) is 48.8 Å². The highest BCUT2D eigenvalue weighted by Gasteiger charge is 2.36. The highest BCUT2D eigenvalue weighted by atomic mass is 19.1. The molecule has 0 saturated carbocycles. The van der Waals surface area contributed by atoms with Gasteiger partial charge in [0.15, 0.2) is 0 Å². The summed E-state index contributed by atoms with van der Waals surface area (Å²) in [5.74, 6) is -1.66. The number of fused-ring (bicyclic) bond motifs is 2. The molecule has 9 nitrogen and oxygen atoms in total. The lowest BCUT2D eigenvalue weighted by Gasteiger charge is -2.31. The van der Waals surface area contributed by atoms with Crippen molar-refractivity contribution in [3.8, 4) is 5.75 Å². The Balaban J connectivity index is 1.60. The van der Waals surface area contributed by atoms with Crippen LogP contribution in [-0.4, -0.2) is 66.4 Å². The van der Waals surface area contributed by atoms with Crippen molar-refractivity contribution in [1.29, 1.82) is 0 Å². The van der Waals surface area contributed by atoms with Crippen molar-refractivity contribution in [1.82, 2.24) is 20.9 Å². The van der Waals surface area contributed by atoms with Gasteiger partial charge in [-0.05, 0) is 55.0 Å². The summed E-state index contributed by atoms with van der Waals surface area (Å²) in [6, 6.07) is 10.6. The lowest BCUT2D eigenvalue weighted by atomic mass is 9.84. The van der Waals surface area contributed by atoms with Gasteiger partial charge in [-0.3, -0.25) is 19.2 Å². The Morgan fingerprint density at radius 3 is 2.52 bits per heavy atom. The van der Waals surface area contributed by atoms with Crippen LogP contribution in [-0.2, 0) is 19.8 Å². The molecule has 0 aliphatic carbocycles. The molecule has 42 heavy (non-hydrogen) atoms. The standard InChI is InChI=1S/C32H41FN4O5/c1-20(2)16-26-31(41)37-15-7-8-23(37)18-42-27-10-6-5-9-24(27)29(39)36-25(17-28(38)35-26)30(40)34-19-32(3,4)21-11-13-22(33)14-12-21/h5-6,9-14,20,23,25-26H,7-8,15-19H2,1-4H3,(H,34,40)(H,35,38)(H,36,39)/t23-,25+,26+/m1/s1. The van der Waals surface area contributed by atoms with Crippen LogP contribution < -0.4 is 20.7 Å². The molecule has 2 heterocycles. The first-order valence-electron chi connectivity index (χ1n) is 14.6. The van der Waals surface area contributed by atoms with E-state index in [2.05, 4.69) is 16.0 Å². The van der Waals surface area contributed by atoms with Crippen molar-refractivity contribution in [2.45, 2.75) is 76.9 Å². The van der Waals surface area contributed by atoms with Crippen molar-refractivity contribution >= 4 is 23.6 Å². The van der Waals surface area contributed by atoms with Gasteiger partial charge in [0.25, 0.3) is 5.91 Å². The van der Waals surface area contributed by atoms with E-state index in [0.29, 0.717) is 18.7 Å². The van der Waals surface area contributed by atoms with Gasteiger partial charge in [0.1, 0.15) is 30.3 Å². The van der Waals surface area contributed by atoms with Crippen LogP contribution in [0, 0.1) is 11.7 Å². The van der Waals surface area contributed by atoms with E-state index < -0.39 is 35.2 Å². The van der Waals surface area contributed by atoms with Crippen molar-refractivity contribution in [3.05, 3.63) is 65.5 Å². The number of hydrogen-bond donors (Lipinski definition) is 3. The van der Waals surface area contributed by atoms with E-state index in [1.165, 1.54) is 12.1 Å². The Kier molecular flexibility index (Phi) is 9.85. The van der Waals surface area contributed by atoms with Gasteiger partial charge in [-0.15, -0.1) is 0 Å². The molecule has 4 rings (SSSR count). The zero-order valence-electron chi connectivity index (χ0n) is 24.7. The molecule has 2 aromatic carbocycles. The quantitative estimate of drug-likeness (QED) is 0.485. The van der Waals surface area contributed by atoms with Gasteiger partial charge in [-0.2, -0.15) is 0 Å². The van der Waals surface area contributed by atoms with Crippen LogP contribution in [0.3, 0.4) is 0 Å². The molecule has 10 heteroatoms. The van der Waals surface area contributed by atoms with Gasteiger partial charge >= 0.3 is 0 Å². The molecule has 0 unspecified atom stereocenters. The van der Waals surface area contributed by atoms with E-state index in [1.54, 1.807) is 41.3 Å². The van der Waals surface area contributed by atoms with E-state index in [4.69, 9.17) is 4.74 Å². The Hall–Kier alpha value is -3.95. The first-order valence-corrected chi connectivity index (χ1v) is 14.6. The fourth-order valence-electron chi connectivity index (χ4n) is 5.48. The predicted molar refractivity (Wildman–Crippen MR) is 156 cm³/mol. The first-order chi connectivity index (χ1) is 19.9. The van der Waals surface area contributed by atoms with E-state index in [9.17, 15) is 23.6 Å². The average Bonchev–Trinajstić information content (AvgIpc) is 3.42. The van der Waals surface area contributed by atoms with Gasteiger partial charge in [0.05, 0.1) is 18.0 Å². The summed E-state index contributed by atoms with van der Waals surface area (Å²) in [7, 11) is 0. The number of amides is 4. The zero-order chi connectivity index (χ0) is 30.4. The van der Waals surface area contributed by atoms with Crippen LogP contribution in [0.5, 0.6) is 5.75 Å². The average molecular weight is 581 g/mol. The number of hydrogen-bond acceptors (Lipinski definition) is 5. The zero-order valence-corrected chi connectivity index (χ0v) is 24.7. The number of carbonyl (C=O) groups is 4. The minimum absolute atomic E-state index is 0.134. The summed E-state index contributed by atoms with van der Waals surface area (Å²) >= 11 is 0. The normalized spacial score (nSPS) is 21.9. The third kappa shape index (κ3) is 7.66. The van der Waals surface area contributed by atoms with Gasteiger partial charge in [0, 0.05) is 18.5 Å². The van der Waals surface area contributed by atoms with Crippen LogP contribution >= 0.6 is 0 Å². The number of rotatable bonds is 6. The predicted octanol–water partition coefficient (Wildman–Crippen LogP) is 3.32. The maximum absolute atomic E-state index is 13.6. The molecule has 2 aromatic rings. The van der Waals surface area contributed by atoms with Crippen molar-refractivity contribution < 1.29 is 28.3 Å². The molecule has 1 saturated heterocycles. The number of benzene rings is 2. The van der Waals surface area contributed by atoms with Gasteiger partial charge in [0.2, 0.25) is 17.7 Å². The highest BCUT2D eigenvalue weighted by Crippen LogP contribution is 2.25. The number of nitrogens with zero attached hydrogens (tertiary/aromatic N) is 1. The molecule has 3 atom stereocenters. The van der Waals surface area contributed by atoms with Crippen LogP contribution in [0.1, 0.15) is 69.3 Å². The van der Waals surface area contributed by atoms with E-state index in [0.717, 1.165) is 18.4 Å². The van der Waals surface area contributed by atoms with E-state index >= 15 is 0 Å². The number of carbonyl (C=O) groups excluding carboxylic acids is 4. The summed E-state index contributed by atoms with van der Waals surface area (Å²) in [5, 5.41) is 8.42. The van der Waals surface area contributed by atoms with Crippen molar-refractivity contribution in [3.63, 3.8) is 0 Å². The SMILES string of the molecule is CC(C)C[C@@H]1NC(=O)C[C@@H](C(=O)NCC(C)(C)c2ccc(F)cc2)NC(=O)c2ccccc2OC[C@H]2CCCN2C1=O. The molecule has 4 amide bonds. The fourth-order valence-corrected chi connectivity index (χ4v) is 5.48. The molecule has 3 N–H and O–H groups in total. The summed E-state index contributed by atoms with van der Waals surface area (Å²) in [5.41, 5.74) is 0.491. The van der Waals surface area contributed by atoms with Crippen molar-refractivity contribution in [2.75, 3.05) is 19.7 Å². The topological polar surface area (TPSA) is 117 Å². The molecular weight excluding hydrogens is 539 g/mol. The lowest BCUT2D eigenvalue weighted by Crippen LogP contribution is -2.54.